The third-order valence-electron chi connectivity index (χ3n) is 3.82. The average molecular weight is 279 g/mol. The van der Waals surface area contributed by atoms with Crippen molar-refractivity contribution in [3.05, 3.63) is 33.1 Å². The molecular formula is C14H21N3O3. The molecule has 0 aromatic carbocycles. The van der Waals surface area contributed by atoms with Crippen LogP contribution in [0.25, 0.3) is 0 Å². The predicted octanol–water partition coefficient (Wildman–Crippen LogP) is 2.12. The smallest absolute Gasteiger partial charge is 0.278 e. The fourth-order valence-electron chi connectivity index (χ4n) is 2.57. The SMILES string of the molecule is Cc1cnc(CNCC2CCOCC2)c(C)c1[N+](=O)[O-]. The standard InChI is InChI=1S/C14H21N3O3/c1-10-7-16-13(11(2)14(10)17(18)19)9-15-8-12-3-5-20-6-4-12/h7,12,15H,3-6,8-9H2,1-2H3. The summed E-state index contributed by atoms with van der Waals surface area (Å²) in [6, 6.07) is 0. The van der Waals surface area contributed by atoms with Gasteiger partial charge in [0.25, 0.3) is 5.69 Å². The minimum Gasteiger partial charge on any atom is -0.381 e. The first-order valence-electron chi connectivity index (χ1n) is 6.97. The van der Waals surface area contributed by atoms with Crippen LogP contribution >= 0.6 is 0 Å². The number of pyridine rings is 1. The lowest BCUT2D eigenvalue weighted by molar-refractivity contribution is -0.386. The molecule has 0 spiro atoms. The first-order chi connectivity index (χ1) is 9.59. The van der Waals surface area contributed by atoms with Crippen LogP contribution in [0.4, 0.5) is 5.69 Å². The normalized spacial score (nSPS) is 16.3. The van der Waals surface area contributed by atoms with E-state index in [2.05, 4.69) is 10.3 Å². The fraction of sp³-hybridized carbons (Fsp3) is 0.643. The summed E-state index contributed by atoms with van der Waals surface area (Å²) in [5, 5.41) is 14.4. The molecule has 1 N–H and O–H groups in total. The molecule has 1 aromatic heterocycles. The average Bonchev–Trinajstić information content (AvgIpc) is 2.42. The van der Waals surface area contributed by atoms with Crippen molar-refractivity contribution in [2.75, 3.05) is 19.8 Å². The van der Waals surface area contributed by atoms with Gasteiger partial charge in [-0.2, -0.15) is 0 Å². The largest absolute Gasteiger partial charge is 0.381 e. The van der Waals surface area contributed by atoms with Gasteiger partial charge in [-0.05, 0) is 39.2 Å². The van der Waals surface area contributed by atoms with Crippen LogP contribution in [0.2, 0.25) is 0 Å². The molecule has 1 aliphatic rings. The minimum atomic E-state index is -0.325. The van der Waals surface area contributed by atoms with Crippen LogP contribution in [0.15, 0.2) is 6.20 Å². The first-order valence-corrected chi connectivity index (χ1v) is 6.97. The van der Waals surface area contributed by atoms with Crippen LogP contribution in [0.5, 0.6) is 0 Å². The number of nitrogens with one attached hydrogen (secondary N) is 1. The van der Waals surface area contributed by atoms with Crippen molar-refractivity contribution in [1.82, 2.24) is 10.3 Å². The van der Waals surface area contributed by atoms with Crippen LogP contribution in [0.3, 0.4) is 0 Å². The summed E-state index contributed by atoms with van der Waals surface area (Å²) in [6.07, 6.45) is 3.73. The van der Waals surface area contributed by atoms with Crippen LogP contribution in [-0.2, 0) is 11.3 Å². The number of nitro groups is 1. The molecule has 6 nitrogen and oxygen atoms in total. The number of ether oxygens (including phenoxy) is 1. The predicted molar refractivity (Wildman–Crippen MR) is 75.6 cm³/mol. The van der Waals surface area contributed by atoms with E-state index in [1.54, 1.807) is 20.0 Å². The van der Waals surface area contributed by atoms with Gasteiger partial charge in [-0.1, -0.05) is 0 Å². The quantitative estimate of drug-likeness (QED) is 0.660. The number of nitrogens with zero attached hydrogens (tertiary/aromatic N) is 2. The van der Waals surface area contributed by atoms with E-state index in [1.807, 2.05) is 0 Å². The molecule has 1 aliphatic heterocycles. The van der Waals surface area contributed by atoms with Crippen molar-refractivity contribution in [3.63, 3.8) is 0 Å². The Labute approximate surface area is 118 Å². The third-order valence-corrected chi connectivity index (χ3v) is 3.82. The highest BCUT2D eigenvalue weighted by molar-refractivity contribution is 5.47. The van der Waals surface area contributed by atoms with Crippen LogP contribution in [-0.4, -0.2) is 29.7 Å². The Morgan fingerprint density at radius 3 is 2.80 bits per heavy atom. The molecule has 0 amide bonds. The lowest BCUT2D eigenvalue weighted by Crippen LogP contribution is -2.28. The van der Waals surface area contributed by atoms with E-state index in [4.69, 9.17) is 4.74 Å². The summed E-state index contributed by atoms with van der Waals surface area (Å²) >= 11 is 0. The lowest BCUT2D eigenvalue weighted by Gasteiger charge is -2.22. The number of hydrogen-bond acceptors (Lipinski definition) is 5. The molecule has 110 valence electrons. The van der Waals surface area contributed by atoms with E-state index in [0.29, 0.717) is 23.6 Å². The summed E-state index contributed by atoms with van der Waals surface area (Å²) in [6.45, 7) is 6.64. The van der Waals surface area contributed by atoms with E-state index >= 15 is 0 Å². The molecule has 1 aromatic rings. The first kappa shape index (κ1) is 14.9. The highest BCUT2D eigenvalue weighted by Gasteiger charge is 2.19. The van der Waals surface area contributed by atoms with Gasteiger partial charge >= 0.3 is 0 Å². The zero-order valence-electron chi connectivity index (χ0n) is 12.0. The number of rotatable bonds is 5. The second kappa shape index (κ2) is 6.76. The molecule has 0 unspecified atom stereocenters. The van der Waals surface area contributed by atoms with Crippen molar-refractivity contribution >= 4 is 5.69 Å². The lowest BCUT2D eigenvalue weighted by atomic mass is 10.0. The van der Waals surface area contributed by atoms with Gasteiger partial charge in [0.1, 0.15) is 0 Å². The number of hydrogen-bond donors (Lipinski definition) is 1. The summed E-state index contributed by atoms with van der Waals surface area (Å²) in [5.41, 5.74) is 2.22. The van der Waals surface area contributed by atoms with Crippen molar-refractivity contribution in [2.24, 2.45) is 5.92 Å². The molecule has 0 saturated carbocycles. The molecule has 2 heterocycles. The maximum atomic E-state index is 11.1. The highest BCUT2D eigenvalue weighted by Crippen LogP contribution is 2.24. The molecule has 0 bridgehead atoms. The maximum Gasteiger partial charge on any atom is 0.278 e. The second-order valence-electron chi connectivity index (χ2n) is 5.31. The maximum absolute atomic E-state index is 11.1. The molecule has 0 atom stereocenters. The van der Waals surface area contributed by atoms with E-state index in [1.165, 1.54) is 0 Å². The molecule has 1 fully saturated rings. The Morgan fingerprint density at radius 2 is 2.15 bits per heavy atom. The Hall–Kier alpha value is -1.53. The third kappa shape index (κ3) is 3.52. The molecule has 0 aliphatic carbocycles. The molecule has 1 saturated heterocycles. The fourth-order valence-corrected chi connectivity index (χ4v) is 2.57. The van der Waals surface area contributed by atoms with E-state index in [0.717, 1.165) is 38.3 Å². The van der Waals surface area contributed by atoms with E-state index < -0.39 is 0 Å². The van der Waals surface area contributed by atoms with Gasteiger partial charge in [-0.3, -0.25) is 15.1 Å². The summed E-state index contributed by atoms with van der Waals surface area (Å²) < 4.78 is 5.32. The zero-order valence-corrected chi connectivity index (χ0v) is 12.0. The van der Waals surface area contributed by atoms with E-state index in [9.17, 15) is 10.1 Å². The summed E-state index contributed by atoms with van der Waals surface area (Å²) in [4.78, 5) is 15.0. The van der Waals surface area contributed by atoms with E-state index in [-0.39, 0.29) is 10.6 Å². The summed E-state index contributed by atoms with van der Waals surface area (Å²) in [5.74, 6) is 0.629. The van der Waals surface area contributed by atoms with Crippen LogP contribution < -0.4 is 5.32 Å². The zero-order chi connectivity index (χ0) is 14.5. The Kier molecular flexibility index (Phi) is 5.03. The molecule has 6 heteroatoms. The van der Waals surface area contributed by atoms with Gasteiger partial charge in [0.05, 0.1) is 10.6 Å². The van der Waals surface area contributed by atoms with Crippen molar-refractivity contribution in [1.29, 1.82) is 0 Å². The number of aryl methyl sites for hydroxylation is 1. The molecular weight excluding hydrogens is 258 g/mol. The van der Waals surface area contributed by atoms with Gasteiger partial charge in [-0.25, -0.2) is 0 Å². The molecule has 2 rings (SSSR count). The summed E-state index contributed by atoms with van der Waals surface area (Å²) in [7, 11) is 0. The van der Waals surface area contributed by atoms with Gasteiger partial charge in [0.15, 0.2) is 0 Å². The Balaban J connectivity index is 1.95. The number of aromatic nitrogens is 1. The van der Waals surface area contributed by atoms with Crippen LogP contribution in [0, 0.1) is 29.9 Å². The monoisotopic (exact) mass is 279 g/mol. The minimum absolute atomic E-state index is 0.183. The van der Waals surface area contributed by atoms with Gasteiger partial charge in [0.2, 0.25) is 0 Å². The van der Waals surface area contributed by atoms with Gasteiger partial charge in [0, 0.05) is 37.1 Å². The van der Waals surface area contributed by atoms with Crippen molar-refractivity contribution in [2.45, 2.75) is 33.2 Å². The van der Waals surface area contributed by atoms with Gasteiger partial charge in [-0.15, -0.1) is 0 Å². The Morgan fingerprint density at radius 1 is 1.45 bits per heavy atom. The molecule has 20 heavy (non-hydrogen) atoms. The Bertz CT molecular complexity index is 485. The van der Waals surface area contributed by atoms with Crippen LogP contribution in [0.1, 0.15) is 29.7 Å². The van der Waals surface area contributed by atoms with Crippen molar-refractivity contribution < 1.29 is 9.66 Å². The van der Waals surface area contributed by atoms with Crippen molar-refractivity contribution in [3.8, 4) is 0 Å². The topological polar surface area (TPSA) is 77.3 Å². The molecule has 0 radical (unpaired) electrons. The highest BCUT2D eigenvalue weighted by atomic mass is 16.6. The second-order valence-corrected chi connectivity index (χ2v) is 5.31. The van der Waals surface area contributed by atoms with Gasteiger partial charge < -0.3 is 10.1 Å².